The van der Waals surface area contributed by atoms with E-state index in [1.54, 1.807) is 6.92 Å². The third-order valence-electron chi connectivity index (χ3n) is 4.96. The number of hydrogen-bond acceptors (Lipinski definition) is 6. The maximum Gasteiger partial charge on any atom is 0.416 e. The van der Waals surface area contributed by atoms with Gasteiger partial charge in [0.25, 0.3) is 11.5 Å². The Balaban J connectivity index is 1.86. The van der Waals surface area contributed by atoms with Crippen molar-refractivity contribution >= 4 is 62.2 Å². The summed E-state index contributed by atoms with van der Waals surface area (Å²) in [6, 6.07) is 7.93. The number of rotatable bonds is 5. The predicted octanol–water partition coefficient (Wildman–Crippen LogP) is 6.20. The molecule has 0 saturated carbocycles. The number of carbonyl (C=O) groups excluding carboxylic acids is 2. The van der Waals surface area contributed by atoms with Gasteiger partial charge in [-0.25, -0.2) is 4.79 Å². The van der Waals surface area contributed by atoms with Gasteiger partial charge in [-0.1, -0.05) is 23.2 Å². The lowest BCUT2D eigenvalue weighted by atomic mass is 10.2. The van der Waals surface area contributed by atoms with Gasteiger partial charge in [-0.15, -0.1) is 11.3 Å². The Hall–Kier alpha value is -3.41. The van der Waals surface area contributed by atoms with Crippen LogP contribution >= 0.6 is 34.5 Å². The minimum absolute atomic E-state index is 0.0181. The van der Waals surface area contributed by atoms with Crippen molar-refractivity contribution < 1.29 is 27.5 Å². The molecule has 0 bridgehead atoms. The number of carbonyl (C=O) groups is 2. The number of halogens is 5. The van der Waals surface area contributed by atoms with E-state index < -0.39 is 29.2 Å². The SMILES string of the molecule is CCOC(=O)c1nn(-c2ccc(C(F)(F)F)cc2)c(=O)c2c(NC(=O)c3ccc(Cl)cc3Cl)scc12. The summed E-state index contributed by atoms with van der Waals surface area (Å²) in [5.41, 5.74) is -1.87. The number of hydrogen-bond donors (Lipinski definition) is 1. The molecular formula is C23H14Cl2F3N3O4S. The van der Waals surface area contributed by atoms with Gasteiger partial charge in [0.1, 0.15) is 5.00 Å². The van der Waals surface area contributed by atoms with Crippen molar-refractivity contribution in [2.24, 2.45) is 0 Å². The number of thiophene rings is 1. The van der Waals surface area contributed by atoms with Crippen molar-refractivity contribution in [1.29, 1.82) is 0 Å². The van der Waals surface area contributed by atoms with E-state index in [1.165, 1.54) is 23.6 Å². The van der Waals surface area contributed by atoms with Crippen LogP contribution in [0.1, 0.15) is 33.3 Å². The van der Waals surface area contributed by atoms with E-state index in [2.05, 4.69) is 10.4 Å². The van der Waals surface area contributed by atoms with Crippen LogP contribution in [0.4, 0.5) is 18.2 Å². The van der Waals surface area contributed by atoms with Crippen molar-refractivity contribution in [1.82, 2.24) is 9.78 Å². The first-order chi connectivity index (χ1) is 17.0. The Morgan fingerprint density at radius 2 is 1.83 bits per heavy atom. The van der Waals surface area contributed by atoms with Gasteiger partial charge in [0, 0.05) is 15.8 Å². The fourth-order valence-electron chi connectivity index (χ4n) is 3.30. The summed E-state index contributed by atoms with van der Waals surface area (Å²) in [6.07, 6.45) is -4.58. The summed E-state index contributed by atoms with van der Waals surface area (Å²) in [4.78, 5) is 38.9. The lowest BCUT2D eigenvalue weighted by molar-refractivity contribution is -0.137. The van der Waals surface area contributed by atoms with Crippen molar-refractivity contribution in [3.63, 3.8) is 0 Å². The van der Waals surface area contributed by atoms with Crippen LogP contribution in [0.25, 0.3) is 16.5 Å². The van der Waals surface area contributed by atoms with Gasteiger partial charge in [0.2, 0.25) is 0 Å². The number of aromatic nitrogens is 2. The number of amides is 1. The van der Waals surface area contributed by atoms with Gasteiger partial charge < -0.3 is 10.1 Å². The van der Waals surface area contributed by atoms with Gasteiger partial charge >= 0.3 is 12.1 Å². The fraction of sp³-hybridized carbons (Fsp3) is 0.130. The van der Waals surface area contributed by atoms with E-state index in [0.717, 1.165) is 40.3 Å². The molecule has 7 nitrogen and oxygen atoms in total. The van der Waals surface area contributed by atoms with Crippen LogP contribution in [-0.4, -0.2) is 28.3 Å². The highest BCUT2D eigenvalue weighted by atomic mass is 35.5. The van der Waals surface area contributed by atoms with Crippen LogP contribution in [0.2, 0.25) is 10.0 Å². The highest BCUT2D eigenvalue weighted by molar-refractivity contribution is 7.16. The molecule has 0 unspecified atom stereocenters. The number of nitrogens with zero attached hydrogens (tertiary/aromatic N) is 2. The number of fused-ring (bicyclic) bond motifs is 1. The Kier molecular flexibility index (Phi) is 7.07. The van der Waals surface area contributed by atoms with E-state index in [4.69, 9.17) is 27.9 Å². The lowest BCUT2D eigenvalue weighted by Gasteiger charge is -2.11. The molecule has 0 saturated heterocycles. The number of esters is 1. The van der Waals surface area contributed by atoms with Crippen molar-refractivity contribution in [3.05, 3.63) is 85.1 Å². The van der Waals surface area contributed by atoms with E-state index in [1.807, 2.05) is 0 Å². The number of anilines is 1. The third kappa shape index (κ3) is 4.95. The predicted molar refractivity (Wildman–Crippen MR) is 131 cm³/mol. The molecule has 0 radical (unpaired) electrons. The fourth-order valence-corrected chi connectivity index (χ4v) is 4.73. The van der Waals surface area contributed by atoms with E-state index >= 15 is 0 Å². The molecule has 2 aromatic heterocycles. The molecular weight excluding hydrogens is 542 g/mol. The molecule has 0 aliphatic rings. The average Bonchev–Trinajstić information content (AvgIpc) is 3.23. The molecule has 0 aliphatic carbocycles. The zero-order chi connectivity index (χ0) is 26.2. The zero-order valence-corrected chi connectivity index (χ0v) is 20.5. The molecule has 1 N–H and O–H groups in total. The maximum absolute atomic E-state index is 13.4. The van der Waals surface area contributed by atoms with Crippen LogP contribution in [-0.2, 0) is 10.9 Å². The first kappa shape index (κ1) is 25.7. The first-order valence-electron chi connectivity index (χ1n) is 10.2. The zero-order valence-electron chi connectivity index (χ0n) is 18.2. The molecule has 13 heteroatoms. The molecule has 1 amide bonds. The lowest BCUT2D eigenvalue weighted by Crippen LogP contribution is -2.25. The number of alkyl halides is 3. The minimum atomic E-state index is -4.58. The molecule has 2 heterocycles. The number of ether oxygens (including phenoxy) is 1. The molecule has 4 rings (SSSR count). The topological polar surface area (TPSA) is 90.3 Å². The third-order valence-corrected chi connectivity index (χ3v) is 6.41. The largest absolute Gasteiger partial charge is 0.461 e. The van der Waals surface area contributed by atoms with Gasteiger partial charge in [-0.05, 0) is 49.4 Å². The Morgan fingerprint density at radius 1 is 1.14 bits per heavy atom. The Labute approximate surface area is 215 Å². The minimum Gasteiger partial charge on any atom is -0.461 e. The normalized spacial score (nSPS) is 11.5. The van der Waals surface area contributed by atoms with Crippen molar-refractivity contribution in [3.8, 4) is 5.69 Å². The first-order valence-corrected chi connectivity index (χ1v) is 11.8. The molecule has 0 atom stereocenters. The molecule has 36 heavy (non-hydrogen) atoms. The Morgan fingerprint density at radius 3 is 2.44 bits per heavy atom. The molecule has 4 aromatic rings. The van der Waals surface area contributed by atoms with Gasteiger partial charge in [0.15, 0.2) is 5.69 Å². The number of benzene rings is 2. The molecule has 186 valence electrons. The summed E-state index contributed by atoms with van der Waals surface area (Å²) in [7, 11) is 0. The maximum atomic E-state index is 13.4. The molecule has 2 aromatic carbocycles. The summed E-state index contributed by atoms with van der Waals surface area (Å²) in [5, 5.41) is 8.64. The van der Waals surface area contributed by atoms with Gasteiger partial charge in [-0.3, -0.25) is 9.59 Å². The van der Waals surface area contributed by atoms with E-state index in [0.29, 0.717) is 5.02 Å². The molecule has 0 spiro atoms. The van der Waals surface area contributed by atoms with Crippen LogP contribution in [0.15, 0.2) is 52.6 Å². The van der Waals surface area contributed by atoms with E-state index in [-0.39, 0.29) is 44.3 Å². The highest BCUT2D eigenvalue weighted by Gasteiger charge is 2.30. The second-order valence-corrected chi connectivity index (χ2v) is 8.99. The van der Waals surface area contributed by atoms with Gasteiger partial charge in [0.05, 0.1) is 33.8 Å². The number of nitrogens with one attached hydrogen (secondary N) is 1. The quantitative estimate of drug-likeness (QED) is 0.296. The van der Waals surface area contributed by atoms with Crippen LogP contribution in [0, 0.1) is 0 Å². The monoisotopic (exact) mass is 555 g/mol. The molecule has 0 fully saturated rings. The van der Waals surface area contributed by atoms with Crippen LogP contribution in [0.5, 0.6) is 0 Å². The van der Waals surface area contributed by atoms with Crippen LogP contribution in [0.3, 0.4) is 0 Å². The summed E-state index contributed by atoms with van der Waals surface area (Å²) in [6.45, 7) is 1.60. The highest BCUT2D eigenvalue weighted by Crippen LogP contribution is 2.33. The van der Waals surface area contributed by atoms with E-state index in [9.17, 15) is 27.6 Å². The standard InChI is InChI=1S/C23H14Cl2F3N3O4S/c1-2-35-22(34)18-15-10-36-20(29-19(32)14-8-5-12(24)9-16(14)25)17(15)21(33)31(30-18)13-6-3-11(4-7-13)23(26,27)28/h3-10H,2H2,1H3,(H,29,32). The molecule has 0 aliphatic heterocycles. The van der Waals surface area contributed by atoms with Crippen LogP contribution < -0.4 is 10.9 Å². The summed E-state index contributed by atoms with van der Waals surface area (Å²) >= 11 is 12.9. The Bertz CT molecular complexity index is 1550. The summed E-state index contributed by atoms with van der Waals surface area (Å²) < 4.78 is 44.8. The second kappa shape index (κ2) is 9.92. The second-order valence-electron chi connectivity index (χ2n) is 7.26. The van der Waals surface area contributed by atoms with Gasteiger partial charge in [-0.2, -0.15) is 23.0 Å². The smallest absolute Gasteiger partial charge is 0.416 e. The van der Waals surface area contributed by atoms with Crippen molar-refractivity contribution in [2.45, 2.75) is 13.1 Å². The average molecular weight is 556 g/mol. The van der Waals surface area contributed by atoms with Crippen molar-refractivity contribution in [2.75, 3.05) is 11.9 Å². The summed E-state index contributed by atoms with van der Waals surface area (Å²) in [5.74, 6) is -1.49.